The Morgan fingerprint density at radius 1 is 1.12 bits per heavy atom. The summed E-state index contributed by atoms with van der Waals surface area (Å²) >= 11 is 0. The van der Waals surface area contributed by atoms with Crippen LogP contribution in [0.25, 0.3) is 0 Å². The molecule has 0 saturated heterocycles. The van der Waals surface area contributed by atoms with Gasteiger partial charge in [-0.2, -0.15) is 0 Å². The molecule has 100 valence electrons. The maximum Gasteiger partial charge on any atom is 0.192 e. The van der Waals surface area contributed by atoms with Crippen molar-refractivity contribution in [2.75, 3.05) is 0 Å². The molecule has 0 aromatic carbocycles. The van der Waals surface area contributed by atoms with Gasteiger partial charge < -0.3 is 14.0 Å². The minimum Gasteiger partial charge on any atom is -0.413 e. The van der Waals surface area contributed by atoms with Crippen LogP contribution < -0.4 is 0 Å². The Hall–Kier alpha value is -0.483. The molecule has 0 rings (SSSR count). The molecule has 4 heteroatoms. The normalized spacial score (nSPS) is 14.4. The molecule has 0 heterocycles. The standard InChI is InChI=1S/C13H26O3Si/c1-6-17(7-2,8-3)16-12(9-10-14)13(4,5)11-15/h10-12H,6-9H2,1-5H3. The number of carbonyl (C=O) groups excluding carboxylic acids is 2. The molecule has 1 unspecified atom stereocenters. The van der Waals surface area contributed by atoms with Crippen LogP contribution in [0, 0.1) is 5.41 Å². The summed E-state index contributed by atoms with van der Waals surface area (Å²) in [5, 5.41) is 0. The fourth-order valence-electron chi connectivity index (χ4n) is 1.97. The fourth-order valence-corrected chi connectivity index (χ4v) is 4.97. The van der Waals surface area contributed by atoms with Gasteiger partial charge in [-0.25, -0.2) is 0 Å². The zero-order valence-electron chi connectivity index (χ0n) is 11.8. The summed E-state index contributed by atoms with van der Waals surface area (Å²) in [6, 6.07) is 3.10. The lowest BCUT2D eigenvalue weighted by atomic mass is 9.87. The number of hydrogen-bond donors (Lipinski definition) is 0. The van der Waals surface area contributed by atoms with E-state index < -0.39 is 13.7 Å². The average molecular weight is 258 g/mol. The molecule has 0 fully saturated rings. The fraction of sp³-hybridized carbons (Fsp3) is 0.846. The van der Waals surface area contributed by atoms with Crippen molar-refractivity contribution in [2.45, 2.75) is 65.3 Å². The van der Waals surface area contributed by atoms with Crippen LogP contribution >= 0.6 is 0 Å². The lowest BCUT2D eigenvalue weighted by Crippen LogP contribution is -2.46. The lowest BCUT2D eigenvalue weighted by molar-refractivity contribution is -0.121. The summed E-state index contributed by atoms with van der Waals surface area (Å²) < 4.78 is 6.26. The summed E-state index contributed by atoms with van der Waals surface area (Å²) in [5.74, 6) is 0. The van der Waals surface area contributed by atoms with E-state index in [0.29, 0.717) is 6.42 Å². The number of carbonyl (C=O) groups is 2. The van der Waals surface area contributed by atoms with Crippen LogP contribution in [0.1, 0.15) is 41.0 Å². The molecule has 0 aromatic heterocycles. The molecule has 0 aliphatic carbocycles. The molecule has 0 N–H and O–H groups in total. The maximum atomic E-state index is 11.1. The highest BCUT2D eigenvalue weighted by atomic mass is 28.4. The van der Waals surface area contributed by atoms with E-state index in [2.05, 4.69) is 20.8 Å². The molecule has 1 atom stereocenters. The first-order chi connectivity index (χ1) is 7.91. The van der Waals surface area contributed by atoms with E-state index in [0.717, 1.165) is 30.7 Å². The molecule has 0 aliphatic heterocycles. The van der Waals surface area contributed by atoms with Gasteiger partial charge >= 0.3 is 0 Å². The highest BCUT2D eigenvalue weighted by Crippen LogP contribution is 2.31. The Morgan fingerprint density at radius 3 is 1.88 bits per heavy atom. The van der Waals surface area contributed by atoms with Crippen molar-refractivity contribution >= 4 is 20.9 Å². The molecule has 0 bridgehead atoms. The van der Waals surface area contributed by atoms with Gasteiger partial charge in [-0.1, -0.05) is 34.6 Å². The summed E-state index contributed by atoms with van der Waals surface area (Å²) in [6.07, 6.45) is 1.79. The molecule has 0 spiro atoms. The van der Waals surface area contributed by atoms with Gasteiger partial charge in [-0.05, 0) is 18.1 Å². The van der Waals surface area contributed by atoms with Crippen molar-refractivity contribution in [1.29, 1.82) is 0 Å². The van der Waals surface area contributed by atoms with E-state index in [-0.39, 0.29) is 6.10 Å². The zero-order valence-corrected chi connectivity index (χ0v) is 12.8. The molecule has 0 amide bonds. The Kier molecular flexibility index (Phi) is 6.86. The highest BCUT2D eigenvalue weighted by molar-refractivity contribution is 6.73. The number of hydrogen-bond acceptors (Lipinski definition) is 3. The van der Waals surface area contributed by atoms with Gasteiger partial charge in [0.25, 0.3) is 0 Å². The molecular formula is C13H26O3Si. The lowest BCUT2D eigenvalue weighted by Gasteiger charge is -2.38. The number of aldehydes is 2. The number of rotatable bonds is 9. The van der Waals surface area contributed by atoms with Crippen LogP contribution in [0.2, 0.25) is 18.1 Å². The molecule has 3 nitrogen and oxygen atoms in total. The molecule has 0 aromatic rings. The smallest absolute Gasteiger partial charge is 0.192 e. The predicted molar refractivity (Wildman–Crippen MR) is 72.6 cm³/mol. The van der Waals surface area contributed by atoms with Crippen LogP contribution in [0.4, 0.5) is 0 Å². The maximum absolute atomic E-state index is 11.1. The van der Waals surface area contributed by atoms with Gasteiger partial charge in [0.1, 0.15) is 12.6 Å². The van der Waals surface area contributed by atoms with Crippen LogP contribution in [-0.2, 0) is 14.0 Å². The van der Waals surface area contributed by atoms with Crippen molar-refractivity contribution in [2.24, 2.45) is 5.41 Å². The second kappa shape index (κ2) is 7.06. The Morgan fingerprint density at radius 2 is 1.59 bits per heavy atom. The van der Waals surface area contributed by atoms with Crippen molar-refractivity contribution in [1.82, 2.24) is 0 Å². The highest BCUT2D eigenvalue weighted by Gasteiger charge is 2.38. The molecular weight excluding hydrogens is 232 g/mol. The van der Waals surface area contributed by atoms with Crippen molar-refractivity contribution in [3.63, 3.8) is 0 Å². The topological polar surface area (TPSA) is 43.4 Å². The van der Waals surface area contributed by atoms with E-state index in [9.17, 15) is 9.59 Å². The van der Waals surface area contributed by atoms with E-state index in [1.165, 1.54) is 0 Å². The van der Waals surface area contributed by atoms with Gasteiger partial charge in [0.05, 0.1) is 6.10 Å². The second-order valence-corrected chi connectivity index (χ2v) is 9.91. The molecule has 0 saturated carbocycles. The first-order valence-electron chi connectivity index (χ1n) is 6.49. The predicted octanol–water partition coefficient (Wildman–Crippen LogP) is 3.19. The SMILES string of the molecule is CC[Si](CC)(CC)OC(CC=O)C(C)(C)C=O. The third-order valence-electron chi connectivity index (χ3n) is 3.77. The average Bonchev–Trinajstić information content (AvgIpc) is 2.35. The minimum absolute atomic E-state index is 0.274. The molecule has 0 radical (unpaired) electrons. The van der Waals surface area contributed by atoms with E-state index >= 15 is 0 Å². The van der Waals surface area contributed by atoms with E-state index in [1.807, 2.05) is 13.8 Å². The van der Waals surface area contributed by atoms with Crippen LogP contribution in [0.5, 0.6) is 0 Å². The van der Waals surface area contributed by atoms with Crippen molar-refractivity contribution < 1.29 is 14.0 Å². The van der Waals surface area contributed by atoms with Gasteiger partial charge in [0, 0.05) is 11.8 Å². The van der Waals surface area contributed by atoms with Gasteiger partial charge in [-0.3, -0.25) is 0 Å². The summed E-state index contributed by atoms with van der Waals surface area (Å²) in [6.45, 7) is 10.1. The minimum atomic E-state index is -1.76. The van der Waals surface area contributed by atoms with E-state index in [4.69, 9.17) is 4.43 Å². The Bertz CT molecular complexity index is 239. The monoisotopic (exact) mass is 258 g/mol. The first kappa shape index (κ1) is 16.5. The third-order valence-corrected chi connectivity index (χ3v) is 8.42. The van der Waals surface area contributed by atoms with E-state index in [1.54, 1.807) is 0 Å². The summed E-state index contributed by atoms with van der Waals surface area (Å²) in [5.41, 5.74) is -0.585. The van der Waals surface area contributed by atoms with Gasteiger partial charge in [0.15, 0.2) is 8.32 Å². The van der Waals surface area contributed by atoms with Crippen LogP contribution in [0.15, 0.2) is 0 Å². The van der Waals surface area contributed by atoms with Crippen molar-refractivity contribution in [3.8, 4) is 0 Å². The van der Waals surface area contributed by atoms with Gasteiger partial charge in [-0.15, -0.1) is 0 Å². The zero-order chi connectivity index (χ0) is 13.5. The summed E-state index contributed by atoms with van der Waals surface area (Å²) in [7, 11) is -1.76. The largest absolute Gasteiger partial charge is 0.413 e. The van der Waals surface area contributed by atoms with Crippen LogP contribution in [0.3, 0.4) is 0 Å². The first-order valence-corrected chi connectivity index (χ1v) is 9.02. The Balaban J connectivity index is 4.96. The van der Waals surface area contributed by atoms with Crippen molar-refractivity contribution in [3.05, 3.63) is 0 Å². The quantitative estimate of drug-likeness (QED) is 0.471. The Labute approximate surface area is 106 Å². The van der Waals surface area contributed by atoms with Gasteiger partial charge in [0.2, 0.25) is 0 Å². The second-order valence-electron chi connectivity index (χ2n) is 5.19. The molecule has 0 aliphatic rings. The summed E-state index contributed by atoms with van der Waals surface area (Å²) in [4.78, 5) is 21.9. The molecule has 17 heavy (non-hydrogen) atoms. The third kappa shape index (κ3) is 4.35. The van der Waals surface area contributed by atoms with Crippen LogP contribution in [-0.4, -0.2) is 27.0 Å².